The van der Waals surface area contributed by atoms with Crippen molar-refractivity contribution in [3.63, 3.8) is 0 Å². The average molecular weight is 211 g/mol. The van der Waals surface area contributed by atoms with Crippen LogP contribution < -0.4 is 58.2 Å². The molecule has 0 heterocycles. The molecule has 0 aromatic rings. The SMILES string of the molecule is CC(=O)C1CC[CH-]CC1.[Rb+]. The van der Waals surface area contributed by atoms with Crippen LogP contribution in [0, 0.1) is 12.3 Å². The Morgan fingerprint density at radius 1 is 1.40 bits per heavy atom. The van der Waals surface area contributed by atoms with Crippen LogP contribution in [-0.4, -0.2) is 5.78 Å². The molecule has 1 rings (SSSR count). The molecule has 0 N–H and O–H groups in total. The predicted octanol–water partition coefficient (Wildman–Crippen LogP) is -1.03. The van der Waals surface area contributed by atoms with Crippen molar-refractivity contribution in [1.82, 2.24) is 0 Å². The van der Waals surface area contributed by atoms with Crippen LogP contribution >= 0.6 is 0 Å². The molecule has 10 heavy (non-hydrogen) atoms. The fourth-order valence-electron chi connectivity index (χ4n) is 1.33. The van der Waals surface area contributed by atoms with Crippen LogP contribution in [0.5, 0.6) is 0 Å². The first-order valence-corrected chi connectivity index (χ1v) is 3.63. The minimum absolute atomic E-state index is 0. The van der Waals surface area contributed by atoms with Crippen molar-refractivity contribution in [2.75, 3.05) is 0 Å². The molecule has 0 aromatic heterocycles. The summed E-state index contributed by atoms with van der Waals surface area (Å²) in [5.41, 5.74) is 0. The first-order valence-electron chi connectivity index (χ1n) is 3.63. The van der Waals surface area contributed by atoms with E-state index in [-0.39, 0.29) is 58.2 Å². The molecule has 0 bridgehead atoms. The molecule has 1 aliphatic carbocycles. The van der Waals surface area contributed by atoms with Gasteiger partial charge in [0.15, 0.2) is 0 Å². The Labute approximate surface area is 112 Å². The van der Waals surface area contributed by atoms with E-state index in [0.717, 1.165) is 25.7 Å². The van der Waals surface area contributed by atoms with E-state index in [1.165, 1.54) is 0 Å². The summed E-state index contributed by atoms with van der Waals surface area (Å²) >= 11 is 0. The number of Topliss-reactive ketones (excluding diaryl/α,β-unsaturated/α-hetero) is 1. The maximum atomic E-state index is 10.8. The third-order valence-corrected chi connectivity index (χ3v) is 2.01. The zero-order chi connectivity index (χ0) is 6.69. The molecule has 0 atom stereocenters. The van der Waals surface area contributed by atoms with Gasteiger partial charge in [-0.25, -0.2) is 0 Å². The maximum Gasteiger partial charge on any atom is 1.00 e. The Morgan fingerprint density at radius 3 is 2.20 bits per heavy atom. The van der Waals surface area contributed by atoms with Gasteiger partial charge >= 0.3 is 58.2 Å². The Kier molecular flexibility index (Phi) is 6.93. The van der Waals surface area contributed by atoms with Crippen molar-refractivity contribution in [3.05, 3.63) is 6.42 Å². The van der Waals surface area contributed by atoms with Gasteiger partial charge in [0, 0.05) is 5.92 Å². The topological polar surface area (TPSA) is 17.1 Å². The van der Waals surface area contributed by atoms with E-state index in [4.69, 9.17) is 0 Å². The molecule has 52 valence electrons. The number of hydrogen-bond acceptors (Lipinski definition) is 1. The molecule has 0 saturated heterocycles. The fourth-order valence-corrected chi connectivity index (χ4v) is 1.33. The molecular weight excluding hydrogens is 198 g/mol. The minimum Gasteiger partial charge on any atom is -0.328 e. The predicted molar refractivity (Wildman–Crippen MR) is 36.9 cm³/mol. The first-order chi connectivity index (χ1) is 4.30. The van der Waals surface area contributed by atoms with Crippen LogP contribution in [0.4, 0.5) is 0 Å². The van der Waals surface area contributed by atoms with Crippen LogP contribution in [0.15, 0.2) is 0 Å². The van der Waals surface area contributed by atoms with Gasteiger partial charge in [-0.2, -0.15) is 12.8 Å². The Bertz CT molecular complexity index is 106. The van der Waals surface area contributed by atoms with Crippen molar-refractivity contribution in [2.24, 2.45) is 5.92 Å². The van der Waals surface area contributed by atoms with Gasteiger partial charge in [0.05, 0.1) is 0 Å². The van der Waals surface area contributed by atoms with E-state index >= 15 is 0 Å². The van der Waals surface area contributed by atoms with Gasteiger partial charge in [-0.1, -0.05) is 12.8 Å². The van der Waals surface area contributed by atoms with Crippen LogP contribution in [0.25, 0.3) is 0 Å². The summed E-state index contributed by atoms with van der Waals surface area (Å²) in [6.07, 6.45) is 6.75. The Balaban J connectivity index is 0.000000810. The van der Waals surface area contributed by atoms with E-state index in [2.05, 4.69) is 6.42 Å². The monoisotopic (exact) mass is 210 g/mol. The standard InChI is InChI=1S/C8H13O.Rb/c1-7(9)8-5-3-2-4-6-8;/h2,8H,3-6H2,1H3;/q-1;+1. The molecule has 1 saturated carbocycles. The van der Waals surface area contributed by atoms with Crippen LogP contribution in [0.2, 0.25) is 0 Å². The van der Waals surface area contributed by atoms with Gasteiger partial charge in [0.1, 0.15) is 5.78 Å². The quantitative estimate of drug-likeness (QED) is 0.506. The molecule has 0 aromatic carbocycles. The molecule has 1 nitrogen and oxygen atoms in total. The van der Waals surface area contributed by atoms with Crippen molar-refractivity contribution in [3.8, 4) is 0 Å². The smallest absolute Gasteiger partial charge is 0.328 e. The van der Waals surface area contributed by atoms with Crippen LogP contribution in [0.1, 0.15) is 32.6 Å². The second-order valence-corrected chi connectivity index (χ2v) is 2.75. The summed E-state index contributed by atoms with van der Waals surface area (Å²) in [6, 6.07) is 0. The van der Waals surface area contributed by atoms with Gasteiger partial charge in [-0.05, 0) is 6.92 Å². The van der Waals surface area contributed by atoms with Gasteiger partial charge in [0.25, 0.3) is 0 Å². The summed E-state index contributed by atoms with van der Waals surface area (Å²) in [6.45, 7) is 1.70. The van der Waals surface area contributed by atoms with E-state index in [1.54, 1.807) is 6.92 Å². The summed E-state index contributed by atoms with van der Waals surface area (Å²) in [7, 11) is 0. The number of ketones is 1. The van der Waals surface area contributed by atoms with Crippen LogP contribution in [0.3, 0.4) is 0 Å². The number of rotatable bonds is 1. The maximum absolute atomic E-state index is 10.8. The fraction of sp³-hybridized carbons (Fsp3) is 0.750. The molecule has 0 aliphatic heterocycles. The van der Waals surface area contributed by atoms with Gasteiger partial charge < -0.3 is 6.42 Å². The summed E-state index contributed by atoms with van der Waals surface area (Å²) < 4.78 is 0. The van der Waals surface area contributed by atoms with Gasteiger partial charge in [-0.3, -0.25) is 4.79 Å². The summed E-state index contributed by atoms with van der Waals surface area (Å²) in [5, 5.41) is 0. The molecule has 1 aliphatic rings. The molecule has 0 spiro atoms. The van der Waals surface area contributed by atoms with E-state index in [9.17, 15) is 4.79 Å². The Morgan fingerprint density at radius 2 is 1.90 bits per heavy atom. The van der Waals surface area contributed by atoms with Crippen molar-refractivity contribution in [2.45, 2.75) is 32.6 Å². The van der Waals surface area contributed by atoms with Crippen molar-refractivity contribution in [1.29, 1.82) is 0 Å². The molecular formula is C8H13ORb. The largest absolute Gasteiger partial charge is 1.00 e. The zero-order valence-corrected chi connectivity index (χ0v) is 11.8. The molecule has 0 amide bonds. The normalized spacial score (nSPS) is 19.7. The number of carbonyl (C=O) groups is 1. The van der Waals surface area contributed by atoms with Gasteiger partial charge in [0.2, 0.25) is 0 Å². The van der Waals surface area contributed by atoms with Gasteiger partial charge in [-0.15, -0.1) is 0 Å². The minimum atomic E-state index is 0. The second-order valence-electron chi connectivity index (χ2n) is 2.75. The average Bonchev–Trinajstić information content (AvgIpc) is 1.90. The number of carbonyl (C=O) groups excluding carboxylic acids is 1. The van der Waals surface area contributed by atoms with E-state index in [1.807, 2.05) is 0 Å². The third-order valence-electron chi connectivity index (χ3n) is 2.01. The Hall–Kier alpha value is 1.48. The zero-order valence-electron chi connectivity index (χ0n) is 6.89. The van der Waals surface area contributed by atoms with E-state index < -0.39 is 0 Å². The van der Waals surface area contributed by atoms with E-state index in [0.29, 0.717) is 11.7 Å². The molecule has 2 heteroatoms. The first kappa shape index (κ1) is 11.5. The van der Waals surface area contributed by atoms with Crippen molar-refractivity contribution < 1.29 is 63.0 Å². The second kappa shape index (κ2) is 6.04. The van der Waals surface area contributed by atoms with Crippen molar-refractivity contribution >= 4 is 5.78 Å². The summed E-state index contributed by atoms with van der Waals surface area (Å²) in [4.78, 5) is 10.8. The molecule has 0 unspecified atom stereocenters. The number of hydrogen-bond donors (Lipinski definition) is 0. The third kappa shape index (κ3) is 3.75. The summed E-state index contributed by atoms with van der Waals surface area (Å²) in [5.74, 6) is 0.762. The molecule has 0 radical (unpaired) electrons. The van der Waals surface area contributed by atoms with Crippen LogP contribution in [-0.2, 0) is 4.79 Å². The molecule has 1 fully saturated rings.